The number of nitrogens with zero attached hydrogens (tertiary/aromatic N) is 1. The summed E-state index contributed by atoms with van der Waals surface area (Å²) in [4.78, 5) is 2.01. The van der Waals surface area contributed by atoms with Gasteiger partial charge in [-0.05, 0) is 44.3 Å². The van der Waals surface area contributed by atoms with Crippen LogP contribution < -0.4 is 10.5 Å². The van der Waals surface area contributed by atoms with Crippen LogP contribution >= 0.6 is 0 Å². The highest BCUT2D eigenvalue weighted by molar-refractivity contribution is 5.34. The highest BCUT2D eigenvalue weighted by atomic mass is 19.1. The van der Waals surface area contributed by atoms with Crippen molar-refractivity contribution in [1.82, 2.24) is 4.90 Å². The van der Waals surface area contributed by atoms with E-state index < -0.39 is 0 Å². The van der Waals surface area contributed by atoms with E-state index in [0.29, 0.717) is 12.2 Å². The van der Waals surface area contributed by atoms with Crippen molar-refractivity contribution >= 4 is 0 Å². The lowest BCUT2D eigenvalue weighted by atomic mass is 10.0. The first-order valence-electron chi connectivity index (χ1n) is 5.25. The summed E-state index contributed by atoms with van der Waals surface area (Å²) in [6.07, 6.45) is 0.610. The number of benzene rings is 1. The summed E-state index contributed by atoms with van der Waals surface area (Å²) in [6.45, 7) is 0.764. The minimum atomic E-state index is -0.257. The van der Waals surface area contributed by atoms with Gasteiger partial charge in [0.25, 0.3) is 0 Å². The third-order valence-corrected chi connectivity index (χ3v) is 2.32. The predicted molar refractivity (Wildman–Crippen MR) is 63.2 cm³/mol. The lowest BCUT2D eigenvalue weighted by molar-refractivity contribution is 0.365. The second-order valence-corrected chi connectivity index (χ2v) is 4.18. The zero-order valence-corrected chi connectivity index (χ0v) is 10.0. The monoisotopic (exact) mass is 226 g/mol. The summed E-state index contributed by atoms with van der Waals surface area (Å²) in [6, 6.07) is 4.48. The van der Waals surface area contributed by atoms with Gasteiger partial charge in [-0.15, -0.1) is 0 Å². The normalized spacial score (nSPS) is 12.9. The molecule has 0 aliphatic heterocycles. The van der Waals surface area contributed by atoms with Gasteiger partial charge in [-0.3, -0.25) is 0 Å². The van der Waals surface area contributed by atoms with Gasteiger partial charge in [0.2, 0.25) is 0 Å². The minimum Gasteiger partial charge on any atom is -0.496 e. The molecule has 1 rings (SSSR count). The molecule has 0 bridgehead atoms. The van der Waals surface area contributed by atoms with Crippen LogP contribution in [0.15, 0.2) is 18.2 Å². The van der Waals surface area contributed by atoms with Gasteiger partial charge in [0.05, 0.1) is 7.11 Å². The van der Waals surface area contributed by atoms with Crippen molar-refractivity contribution in [2.75, 3.05) is 27.7 Å². The van der Waals surface area contributed by atoms with Crippen molar-refractivity contribution in [3.05, 3.63) is 29.6 Å². The van der Waals surface area contributed by atoms with Crippen LogP contribution in [0.5, 0.6) is 5.75 Å². The van der Waals surface area contributed by atoms with E-state index in [-0.39, 0.29) is 11.9 Å². The Hall–Kier alpha value is -1.13. The van der Waals surface area contributed by atoms with Gasteiger partial charge in [0, 0.05) is 12.6 Å². The molecule has 0 heterocycles. The molecule has 1 aromatic carbocycles. The molecule has 1 aromatic rings. The quantitative estimate of drug-likeness (QED) is 0.821. The fourth-order valence-electron chi connectivity index (χ4n) is 1.72. The average molecular weight is 226 g/mol. The lowest BCUT2D eigenvalue weighted by Crippen LogP contribution is -2.35. The highest BCUT2D eigenvalue weighted by Crippen LogP contribution is 2.20. The Morgan fingerprint density at radius 2 is 2.12 bits per heavy atom. The van der Waals surface area contributed by atoms with Gasteiger partial charge in [-0.1, -0.05) is 0 Å². The highest BCUT2D eigenvalue weighted by Gasteiger charge is 2.10. The Labute approximate surface area is 96.0 Å². The van der Waals surface area contributed by atoms with E-state index in [1.54, 1.807) is 13.2 Å². The molecular weight excluding hydrogens is 207 g/mol. The predicted octanol–water partition coefficient (Wildman–Crippen LogP) is 1.27. The first-order valence-corrected chi connectivity index (χ1v) is 5.25. The minimum absolute atomic E-state index is 0.0225. The number of hydrogen-bond acceptors (Lipinski definition) is 3. The van der Waals surface area contributed by atoms with Crippen molar-refractivity contribution in [2.45, 2.75) is 12.5 Å². The fraction of sp³-hybridized carbons (Fsp3) is 0.500. The maximum atomic E-state index is 13.1. The van der Waals surface area contributed by atoms with Crippen molar-refractivity contribution in [3.63, 3.8) is 0 Å². The van der Waals surface area contributed by atoms with Crippen molar-refractivity contribution in [2.24, 2.45) is 5.73 Å². The van der Waals surface area contributed by atoms with Gasteiger partial charge in [0.1, 0.15) is 11.6 Å². The molecular formula is C12H19FN2O. The topological polar surface area (TPSA) is 38.5 Å². The van der Waals surface area contributed by atoms with Crippen LogP contribution in [0.2, 0.25) is 0 Å². The fourth-order valence-corrected chi connectivity index (χ4v) is 1.72. The van der Waals surface area contributed by atoms with E-state index in [1.165, 1.54) is 12.1 Å². The molecule has 4 heteroatoms. The zero-order chi connectivity index (χ0) is 12.1. The van der Waals surface area contributed by atoms with Crippen LogP contribution in [0.1, 0.15) is 5.56 Å². The molecule has 90 valence electrons. The summed E-state index contributed by atoms with van der Waals surface area (Å²) in [7, 11) is 5.50. The summed E-state index contributed by atoms with van der Waals surface area (Å²) >= 11 is 0. The molecule has 1 unspecified atom stereocenters. The number of ether oxygens (including phenoxy) is 1. The molecule has 0 saturated carbocycles. The Morgan fingerprint density at radius 1 is 1.44 bits per heavy atom. The van der Waals surface area contributed by atoms with E-state index in [0.717, 1.165) is 12.1 Å². The molecule has 3 nitrogen and oxygen atoms in total. The number of likely N-dealkylation sites (N-methyl/N-ethyl adjacent to an activating group) is 1. The Balaban J connectivity index is 2.74. The maximum Gasteiger partial charge on any atom is 0.123 e. The summed E-state index contributed by atoms with van der Waals surface area (Å²) in [5, 5.41) is 0. The van der Waals surface area contributed by atoms with Crippen LogP contribution in [-0.4, -0.2) is 38.7 Å². The SMILES string of the molecule is COc1ccc(F)cc1CC(N)CN(C)C. The van der Waals surface area contributed by atoms with Gasteiger partial charge < -0.3 is 15.4 Å². The smallest absolute Gasteiger partial charge is 0.123 e. The molecule has 0 aliphatic rings. The second-order valence-electron chi connectivity index (χ2n) is 4.18. The van der Waals surface area contributed by atoms with Gasteiger partial charge in [0.15, 0.2) is 0 Å². The summed E-state index contributed by atoms with van der Waals surface area (Å²) in [5.41, 5.74) is 6.78. The van der Waals surface area contributed by atoms with E-state index in [4.69, 9.17) is 10.5 Å². The van der Waals surface area contributed by atoms with Crippen LogP contribution in [-0.2, 0) is 6.42 Å². The molecule has 0 amide bonds. The lowest BCUT2D eigenvalue weighted by Gasteiger charge is -2.18. The van der Waals surface area contributed by atoms with Crippen molar-refractivity contribution in [3.8, 4) is 5.75 Å². The van der Waals surface area contributed by atoms with Crippen LogP contribution in [0.3, 0.4) is 0 Å². The first kappa shape index (κ1) is 12.9. The molecule has 1 atom stereocenters. The summed E-state index contributed by atoms with van der Waals surface area (Å²) in [5.74, 6) is 0.434. The second kappa shape index (κ2) is 5.82. The third kappa shape index (κ3) is 3.79. The number of hydrogen-bond donors (Lipinski definition) is 1. The van der Waals surface area contributed by atoms with E-state index >= 15 is 0 Å². The van der Waals surface area contributed by atoms with Gasteiger partial charge in [-0.2, -0.15) is 0 Å². The average Bonchev–Trinajstić information content (AvgIpc) is 2.16. The molecule has 0 aliphatic carbocycles. The molecule has 0 saturated heterocycles. The van der Waals surface area contributed by atoms with Gasteiger partial charge in [-0.25, -0.2) is 4.39 Å². The number of halogens is 1. The molecule has 16 heavy (non-hydrogen) atoms. The molecule has 0 aromatic heterocycles. The molecule has 0 spiro atoms. The van der Waals surface area contributed by atoms with E-state index in [2.05, 4.69) is 0 Å². The molecule has 0 fully saturated rings. The maximum absolute atomic E-state index is 13.1. The third-order valence-electron chi connectivity index (χ3n) is 2.32. The standard InChI is InChI=1S/C12H19FN2O/c1-15(2)8-11(14)7-9-6-10(13)4-5-12(9)16-3/h4-6,11H,7-8,14H2,1-3H3. The number of rotatable bonds is 5. The number of nitrogens with two attached hydrogens (primary N) is 1. The van der Waals surface area contributed by atoms with Crippen molar-refractivity contribution < 1.29 is 9.13 Å². The largest absolute Gasteiger partial charge is 0.496 e. The Morgan fingerprint density at radius 3 is 2.69 bits per heavy atom. The van der Waals surface area contributed by atoms with Crippen molar-refractivity contribution in [1.29, 1.82) is 0 Å². The zero-order valence-electron chi connectivity index (χ0n) is 10.0. The van der Waals surface area contributed by atoms with Crippen LogP contribution in [0.4, 0.5) is 4.39 Å². The number of methoxy groups -OCH3 is 1. The molecule has 0 radical (unpaired) electrons. The summed E-state index contributed by atoms with van der Waals surface area (Å²) < 4.78 is 18.3. The van der Waals surface area contributed by atoms with E-state index in [9.17, 15) is 4.39 Å². The van der Waals surface area contributed by atoms with Crippen LogP contribution in [0, 0.1) is 5.82 Å². The van der Waals surface area contributed by atoms with Gasteiger partial charge >= 0.3 is 0 Å². The van der Waals surface area contributed by atoms with Crippen LogP contribution in [0.25, 0.3) is 0 Å². The first-order chi connectivity index (χ1) is 7.52. The Bertz CT molecular complexity index is 342. The molecule has 2 N–H and O–H groups in total. The van der Waals surface area contributed by atoms with E-state index in [1.807, 2.05) is 19.0 Å². The Kier molecular flexibility index (Phi) is 4.71.